The standard InChI is InChI=1S/C20H14N4O/c21-19-15(20-24-17-3-1-2-4-18(17)25-20)10-14(11-23-19)12-5-6-16-13(9-12)7-8-22-16/h1-11,22H,(H2,21,23). The molecule has 0 bridgehead atoms. The maximum Gasteiger partial charge on any atom is 0.231 e. The molecular weight excluding hydrogens is 312 g/mol. The van der Waals surface area contributed by atoms with Crippen molar-refractivity contribution in [2.24, 2.45) is 0 Å². The van der Waals surface area contributed by atoms with Gasteiger partial charge in [-0.25, -0.2) is 9.97 Å². The maximum atomic E-state index is 6.08. The van der Waals surface area contributed by atoms with Gasteiger partial charge in [-0.05, 0) is 47.3 Å². The van der Waals surface area contributed by atoms with Crippen LogP contribution in [0, 0.1) is 0 Å². The summed E-state index contributed by atoms with van der Waals surface area (Å²) in [6.07, 6.45) is 3.70. The predicted octanol–water partition coefficient (Wildman–Crippen LogP) is 4.62. The second-order valence-corrected chi connectivity index (χ2v) is 5.92. The number of H-pyrrole nitrogens is 1. The van der Waals surface area contributed by atoms with E-state index in [2.05, 4.69) is 33.2 Å². The second-order valence-electron chi connectivity index (χ2n) is 5.92. The highest BCUT2D eigenvalue weighted by molar-refractivity contribution is 5.86. The summed E-state index contributed by atoms with van der Waals surface area (Å²) in [5.74, 6) is 0.883. The lowest BCUT2D eigenvalue weighted by Gasteiger charge is -2.06. The largest absolute Gasteiger partial charge is 0.436 e. The third-order valence-electron chi connectivity index (χ3n) is 4.33. The quantitative estimate of drug-likeness (QED) is 0.496. The van der Waals surface area contributed by atoms with Crippen LogP contribution in [0.4, 0.5) is 5.82 Å². The molecule has 5 rings (SSSR count). The van der Waals surface area contributed by atoms with Gasteiger partial charge in [0.2, 0.25) is 5.89 Å². The molecule has 3 heterocycles. The van der Waals surface area contributed by atoms with Crippen LogP contribution in [0.3, 0.4) is 0 Å². The van der Waals surface area contributed by atoms with Crippen molar-refractivity contribution < 1.29 is 4.42 Å². The molecule has 25 heavy (non-hydrogen) atoms. The molecule has 0 radical (unpaired) electrons. The number of fused-ring (bicyclic) bond motifs is 2. The molecule has 120 valence electrons. The highest BCUT2D eigenvalue weighted by atomic mass is 16.3. The van der Waals surface area contributed by atoms with Crippen molar-refractivity contribution in [3.63, 3.8) is 0 Å². The molecule has 0 aliphatic carbocycles. The van der Waals surface area contributed by atoms with Crippen molar-refractivity contribution in [2.75, 3.05) is 5.73 Å². The number of aromatic amines is 1. The van der Waals surface area contributed by atoms with Gasteiger partial charge in [-0.15, -0.1) is 0 Å². The minimum absolute atomic E-state index is 0.401. The van der Waals surface area contributed by atoms with Gasteiger partial charge in [0.1, 0.15) is 11.3 Å². The zero-order valence-corrected chi connectivity index (χ0v) is 13.2. The average molecular weight is 326 g/mol. The van der Waals surface area contributed by atoms with Crippen LogP contribution in [0.15, 0.2) is 71.4 Å². The molecule has 5 heteroatoms. The van der Waals surface area contributed by atoms with E-state index in [1.54, 1.807) is 6.20 Å². The summed E-state index contributed by atoms with van der Waals surface area (Å²) in [5, 5.41) is 1.15. The summed E-state index contributed by atoms with van der Waals surface area (Å²) in [7, 11) is 0. The first kappa shape index (κ1) is 13.8. The van der Waals surface area contributed by atoms with Gasteiger partial charge in [-0.2, -0.15) is 0 Å². The van der Waals surface area contributed by atoms with Crippen LogP contribution >= 0.6 is 0 Å². The van der Waals surface area contributed by atoms with Gasteiger partial charge in [-0.3, -0.25) is 0 Å². The Balaban J connectivity index is 1.66. The van der Waals surface area contributed by atoms with Crippen LogP contribution in [-0.4, -0.2) is 15.0 Å². The molecule has 0 saturated heterocycles. The van der Waals surface area contributed by atoms with Crippen molar-refractivity contribution in [3.8, 4) is 22.6 Å². The number of rotatable bonds is 2. The smallest absolute Gasteiger partial charge is 0.231 e. The van der Waals surface area contributed by atoms with Crippen LogP contribution in [0.5, 0.6) is 0 Å². The van der Waals surface area contributed by atoms with Gasteiger partial charge in [0.15, 0.2) is 5.58 Å². The van der Waals surface area contributed by atoms with Crippen molar-refractivity contribution >= 4 is 27.8 Å². The number of benzene rings is 2. The minimum Gasteiger partial charge on any atom is -0.436 e. The molecule has 3 N–H and O–H groups in total. The monoisotopic (exact) mass is 326 g/mol. The van der Waals surface area contributed by atoms with E-state index in [1.165, 1.54) is 0 Å². The number of oxazole rings is 1. The number of aromatic nitrogens is 3. The Kier molecular flexibility index (Phi) is 2.87. The molecule has 5 aromatic rings. The summed E-state index contributed by atoms with van der Waals surface area (Å²) in [6, 6.07) is 17.9. The molecule has 0 atom stereocenters. The fourth-order valence-electron chi connectivity index (χ4n) is 3.02. The lowest BCUT2D eigenvalue weighted by atomic mass is 10.0. The molecule has 3 aromatic heterocycles. The number of hydrogen-bond donors (Lipinski definition) is 2. The third kappa shape index (κ3) is 2.25. The van der Waals surface area contributed by atoms with E-state index in [-0.39, 0.29) is 0 Å². The molecule has 0 saturated carbocycles. The molecule has 0 aliphatic rings. The predicted molar refractivity (Wildman–Crippen MR) is 98.9 cm³/mol. The minimum atomic E-state index is 0.401. The number of anilines is 1. The van der Waals surface area contributed by atoms with E-state index in [1.807, 2.05) is 42.6 Å². The number of nitrogens with two attached hydrogens (primary N) is 1. The summed E-state index contributed by atoms with van der Waals surface area (Å²) < 4.78 is 5.85. The Bertz CT molecular complexity index is 1190. The van der Waals surface area contributed by atoms with Crippen LogP contribution in [0.25, 0.3) is 44.6 Å². The number of pyridine rings is 1. The summed E-state index contributed by atoms with van der Waals surface area (Å²) >= 11 is 0. The van der Waals surface area contributed by atoms with Crippen molar-refractivity contribution in [1.29, 1.82) is 0 Å². The Hall–Kier alpha value is -3.60. The number of nitrogen functional groups attached to an aromatic ring is 1. The first-order chi connectivity index (χ1) is 12.3. The first-order valence-corrected chi connectivity index (χ1v) is 7.97. The molecule has 0 spiro atoms. The molecule has 5 nitrogen and oxygen atoms in total. The van der Waals surface area contributed by atoms with Crippen molar-refractivity contribution in [1.82, 2.24) is 15.0 Å². The van der Waals surface area contributed by atoms with Crippen molar-refractivity contribution in [2.45, 2.75) is 0 Å². The van der Waals surface area contributed by atoms with Crippen molar-refractivity contribution in [3.05, 3.63) is 67.0 Å². The summed E-state index contributed by atoms with van der Waals surface area (Å²) in [5.41, 5.74) is 11.4. The molecule has 0 aliphatic heterocycles. The van der Waals surface area contributed by atoms with Gasteiger partial charge < -0.3 is 15.1 Å². The van der Waals surface area contributed by atoms with E-state index in [9.17, 15) is 0 Å². The van der Waals surface area contributed by atoms with Gasteiger partial charge in [-0.1, -0.05) is 18.2 Å². The van der Waals surface area contributed by atoms with Crippen LogP contribution in [0.2, 0.25) is 0 Å². The third-order valence-corrected chi connectivity index (χ3v) is 4.33. The zero-order chi connectivity index (χ0) is 16.8. The van der Waals surface area contributed by atoms with Crippen LogP contribution in [-0.2, 0) is 0 Å². The Morgan fingerprint density at radius 1 is 0.960 bits per heavy atom. The average Bonchev–Trinajstić information content (AvgIpc) is 3.28. The lowest BCUT2D eigenvalue weighted by Crippen LogP contribution is -1.95. The van der Waals surface area contributed by atoms with Gasteiger partial charge in [0.25, 0.3) is 0 Å². The maximum absolute atomic E-state index is 6.08. The van der Waals surface area contributed by atoms with E-state index >= 15 is 0 Å². The normalized spacial score (nSPS) is 11.4. The Morgan fingerprint density at radius 3 is 2.80 bits per heavy atom. The number of nitrogens with zero attached hydrogens (tertiary/aromatic N) is 2. The highest BCUT2D eigenvalue weighted by Gasteiger charge is 2.13. The Morgan fingerprint density at radius 2 is 1.88 bits per heavy atom. The highest BCUT2D eigenvalue weighted by Crippen LogP contribution is 2.32. The first-order valence-electron chi connectivity index (χ1n) is 7.97. The van der Waals surface area contributed by atoms with Crippen LogP contribution in [0.1, 0.15) is 0 Å². The number of nitrogens with one attached hydrogen (secondary N) is 1. The molecule has 0 unspecified atom stereocenters. The molecular formula is C20H14N4O. The van der Waals surface area contributed by atoms with E-state index in [0.29, 0.717) is 17.3 Å². The summed E-state index contributed by atoms with van der Waals surface area (Å²) in [6.45, 7) is 0. The van der Waals surface area contributed by atoms with E-state index in [4.69, 9.17) is 10.2 Å². The van der Waals surface area contributed by atoms with E-state index in [0.717, 1.165) is 33.1 Å². The second kappa shape index (κ2) is 5.21. The lowest BCUT2D eigenvalue weighted by molar-refractivity contribution is 0.620. The fourth-order valence-corrected chi connectivity index (χ4v) is 3.02. The molecule has 0 fully saturated rings. The van der Waals surface area contributed by atoms with Crippen LogP contribution < -0.4 is 5.73 Å². The van der Waals surface area contributed by atoms with Gasteiger partial charge in [0, 0.05) is 23.5 Å². The molecule has 0 amide bonds. The summed E-state index contributed by atoms with van der Waals surface area (Å²) in [4.78, 5) is 12.1. The zero-order valence-electron chi connectivity index (χ0n) is 13.2. The van der Waals surface area contributed by atoms with Gasteiger partial charge in [0.05, 0.1) is 5.56 Å². The fraction of sp³-hybridized carbons (Fsp3) is 0. The van der Waals surface area contributed by atoms with Gasteiger partial charge >= 0.3 is 0 Å². The Labute approximate surface area is 143 Å². The SMILES string of the molecule is Nc1ncc(-c2ccc3[nH]ccc3c2)cc1-c1nc2ccccc2o1. The number of hydrogen-bond acceptors (Lipinski definition) is 4. The molecule has 2 aromatic carbocycles. The topological polar surface area (TPSA) is 80.7 Å². The number of para-hydroxylation sites is 2. The van der Waals surface area contributed by atoms with E-state index < -0.39 is 0 Å².